The van der Waals surface area contributed by atoms with Gasteiger partial charge in [-0.2, -0.15) is 4.98 Å². The molecule has 0 aromatic carbocycles. The minimum absolute atomic E-state index is 0.0590. The summed E-state index contributed by atoms with van der Waals surface area (Å²) in [4.78, 5) is 31.1. The van der Waals surface area contributed by atoms with Crippen molar-refractivity contribution < 1.29 is 19.2 Å². The maximum Gasteiger partial charge on any atom is 0.243 e. The molecule has 1 atom stereocenters. The highest BCUT2D eigenvalue weighted by molar-refractivity contribution is 5.80. The molecule has 3 rings (SSSR count). The summed E-state index contributed by atoms with van der Waals surface area (Å²) in [5, 5.41) is 12.9. The summed E-state index contributed by atoms with van der Waals surface area (Å²) >= 11 is 0. The quantitative estimate of drug-likeness (QED) is 0.277. The second-order valence-corrected chi connectivity index (χ2v) is 7.23. The van der Waals surface area contributed by atoms with Crippen LogP contribution in [0.1, 0.15) is 44.9 Å². The van der Waals surface area contributed by atoms with Crippen LogP contribution in [0.5, 0.6) is 0 Å². The lowest BCUT2D eigenvalue weighted by molar-refractivity contribution is -0.154. The number of nitrogens with zero attached hydrogens (tertiary/aromatic N) is 3. The number of aromatic nitrogens is 2. The molecule has 9 nitrogen and oxygen atoms in total. The van der Waals surface area contributed by atoms with Crippen LogP contribution in [0.3, 0.4) is 0 Å². The highest BCUT2D eigenvalue weighted by atomic mass is 19.1. The molecule has 1 unspecified atom stereocenters. The van der Waals surface area contributed by atoms with Gasteiger partial charge in [0.1, 0.15) is 0 Å². The van der Waals surface area contributed by atoms with Crippen LogP contribution >= 0.6 is 0 Å². The summed E-state index contributed by atoms with van der Waals surface area (Å²) in [5.74, 6) is -0.956. The second-order valence-electron chi connectivity index (χ2n) is 7.23. The van der Waals surface area contributed by atoms with E-state index in [9.17, 15) is 19.2 Å². The Bertz CT molecular complexity index is 666. The number of amides is 2. The molecule has 10 heteroatoms. The monoisotopic (exact) mass is 380 g/mol. The Morgan fingerprint density at radius 1 is 1.37 bits per heavy atom. The van der Waals surface area contributed by atoms with Gasteiger partial charge in [0.2, 0.25) is 18.3 Å². The van der Waals surface area contributed by atoms with E-state index >= 15 is 0 Å². The van der Waals surface area contributed by atoms with Crippen LogP contribution in [0.15, 0.2) is 6.20 Å². The van der Waals surface area contributed by atoms with Gasteiger partial charge in [-0.25, -0.2) is 14.4 Å². The van der Waals surface area contributed by atoms with Gasteiger partial charge in [0.25, 0.3) is 0 Å². The summed E-state index contributed by atoms with van der Waals surface area (Å²) < 4.78 is 13.7. The van der Waals surface area contributed by atoms with Crippen LogP contribution < -0.4 is 16.2 Å². The lowest BCUT2D eigenvalue weighted by atomic mass is 9.92. The van der Waals surface area contributed by atoms with Gasteiger partial charge >= 0.3 is 0 Å². The number of rotatable bonds is 10. The minimum atomic E-state index is -0.569. The summed E-state index contributed by atoms with van der Waals surface area (Å²) in [5.41, 5.74) is 5.09. The Labute approximate surface area is 156 Å². The first-order chi connectivity index (χ1) is 13.0. The standard InChI is InChI=1S/C17H25FN6O3/c18-14-8-19-17(21-15(14)20-13-5-6-13)23-22-16(26)12(9-24(27)10-25)7-11-3-1-2-4-11/h8,10-13,27H,1-7,9H2,(H,22,26)(H2,19,20,21,23). The van der Waals surface area contributed by atoms with Crippen LogP contribution in [-0.4, -0.2) is 45.1 Å². The van der Waals surface area contributed by atoms with Crippen molar-refractivity contribution in [3.8, 4) is 0 Å². The van der Waals surface area contributed by atoms with Gasteiger partial charge in [-0.15, -0.1) is 0 Å². The number of carbonyl (C=O) groups excluding carboxylic acids is 2. The maximum absolute atomic E-state index is 13.7. The van der Waals surface area contributed by atoms with Crippen LogP contribution in [0.2, 0.25) is 0 Å². The van der Waals surface area contributed by atoms with Gasteiger partial charge in [0, 0.05) is 6.04 Å². The second kappa shape index (κ2) is 8.94. The molecule has 0 spiro atoms. The maximum atomic E-state index is 13.7. The first kappa shape index (κ1) is 19.3. The molecule has 0 aliphatic heterocycles. The highest BCUT2D eigenvalue weighted by Crippen LogP contribution is 2.30. The van der Waals surface area contributed by atoms with Crippen LogP contribution in [0.4, 0.5) is 16.2 Å². The minimum Gasteiger partial charge on any atom is -0.365 e. The van der Waals surface area contributed by atoms with Crippen molar-refractivity contribution in [2.75, 3.05) is 17.3 Å². The first-order valence-electron chi connectivity index (χ1n) is 9.31. The van der Waals surface area contributed by atoms with Crippen molar-refractivity contribution >= 4 is 24.1 Å². The zero-order valence-electron chi connectivity index (χ0n) is 15.0. The predicted octanol–water partition coefficient (Wildman–Crippen LogP) is 1.68. The van der Waals surface area contributed by atoms with Crippen LogP contribution in [0.25, 0.3) is 0 Å². The lowest BCUT2D eigenvalue weighted by Gasteiger charge is -2.22. The Kier molecular flexibility index (Phi) is 6.38. The molecule has 148 valence electrons. The van der Waals surface area contributed by atoms with Gasteiger partial charge in [0.05, 0.1) is 18.7 Å². The molecule has 1 heterocycles. The number of nitrogens with one attached hydrogen (secondary N) is 3. The Balaban J connectivity index is 1.57. The number of hydrazine groups is 1. The molecule has 1 aromatic heterocycles. The smallest absolute Gasteiger partial charge is 0.243 e. The van der Waals surface area contributed by atoms with E-state index < -0.39 is 11.7 Å². The average molecular weight is 380 g/mol. The number of carbonyl (C=O) groups is 2. The number of anilines is 2. The van der Waals surface area contributed by atoms with E-state index in [-0.39, 0.29) is 36.7 Å². The number of hydrogen-bond acceptors (Lipinski definition) is 7. The van der Waals surface area contributed by atoms with Gasteiger partial charge in [0.15, 0.2) is 11.6 Å². The van der Waals surface area contributed by atoms with E-state index in [4.69, 9.17) is 0 Å². The number of halogens is 1. The van der Waals surface area contributed by atoms with Crippen molar-refractivity contribution in [2.24, 2.45) is 11.8 Å². The molecule has 2 saturated carbocycles. The molecule has 0 bridgehead atoms. The van der Waals surface area contributed by atoms with Gasteiger partial charge in [-0.3, -0.25) is 25.6 Å². The van der Waals surface area contributed by atoms with Crippen LogP contribution in [-0.2, 0) is 9.59 Å². The van der Waals surface area contributed by atoms with E-state index in [1.807, 2.05) is 0 Å². The van der Waals surface area contributed by atoms with E-state index in [0.29, 0.717) is 17.4 Å². The Morgan fingerprint density at radius 3 is 2.78 bits per heavy atom. The third-order valence-corrected chi connectivity index (χ3v) is 4.95. The van der Waals surface area contributed by atoms with Gasteiger partial charge in [-0.1, -0.05) is 25.7 Å². The molecule has 1 aromatic rings. The molecule has 2 fully saturated rings. The van der Waals surface area contributed by atoms with Crippen LogP contribution in [0, 0.1) is 17.7 Å². The van der Waals surface area contributed by atoms with E-state index in [2.05, 4.69) is 26.1 Å². The molecule has 2 aliphatic rings. The SMILES string of the molecule is O=CN(O)CC(CC1CCCC1)C(=O)NNc1ncc(F)c(NC2CC2)n1. The first-order valence-corrected chi connectivity index (χ1v) is 9.31. The average Bonchev–Trinajstić information content (AvgIpc) is 3.33. The molecule has 0 saturated heterocycles. The van der Waals surface area contributed by atoms with Gasteiger partial charge in [-0.05, 0) is 25.2 Å². The van der Waals surface area contributed by atoms with Crippen molar-refractivity contribution in [2.45, 2.75) is 51.0 Å². The van der Waals surface area contributed by atoms with E-state index in [1.54, 1.807) is 0 Å². The zero-order valence-corrected chi connectivity index (χ0v) is 15.0. The molecule has 4 N–H and O–H groups in total. The fourth-order valence-corrected chi connectivity index (χ4v) is 3.35. The van der Waals surface area contributed by atoms with Gasteiger partial charge < -0.3 is 5.32 Å². The summed E-state index contributed by atoms with van der Waals surface area (Å²) in [6.07, 6.45) is 8.19. The van der Waals surface area contributed by atoms with Crippen molar-refractivity contribution in [3.63, 3.8) is 0 Å². The lowest BCUT2D eigenvalue weighted by Crippen LogP contribution is -2.41. The largest absolute Gasteiger partial charge is 0.365 e. The predicted molar refractivity (Wildman–Crippen MR) is 95.0 cm³/mol. The van der Waals surface area contributed by atoms with Crippen molar-refractivity contribution in [1.82, 2.24) is 20.5 Å². The third kappa shape index (κ3) is 5.75. The highest BCUT2D eigenvalue weighted by Gasteiger charge is 2.27. The normalized spacial score (nSPS) is 18.0. The molecule has 27 heavy (non-hydrogen) atoms. The zero-order chi connectivity index (χ0) is 19.2. The summed E-state index contributed by atoms with van der Waals surface area (Å²) in [6, 6.07) is 0.228. The fourth-order valence-electron chi connectivity index (χ4n) is 3.35. The molecular weight excluding hydrogens is 355 g/mol. The summed E-state index contributed by atoms with van der Waals surface area (Å²) in [6.45, 7) is -0.0910. The van der Waals surface area contributed by atoms with Crippen molar-refractivity contribution in [3.05, 3.63) is 12.0 Å². The van der Waals surface area contributed by atoms with E-state index in [1.165, 1.54) is 0 Å². The molecule has 2 amide bonds. The Morgan fingerprint density at radius 2 is 2.11 bits per heavy atom. The molecule has 0 radical (unpaired) electrons. The number of hydroxylamine groups is 2. The third-order valence-electron chi connectivity index (χ3n) is 4.95. The number of hydrogen-bond donors (Lipinski definition) is 4. The van der Waals surface area contributed by atoms with E-state index in [0.717, 1.165) is 44.7 Å². The molecule has 2 aliphatic carbocycles. The van der Waals surface area contributed by atoms with Crippen molar-refractivity contribution in [1.29, 1.82) is 0 Å². The fraction of sp³-hybridized carbons (Fsp3) is 0.647. The molecular formula is C17H25FN6O3. The summed E-state index contributed by atoms with van der Waals surface area (Å²) in [7, 11) is 0. The topological polar surface area (TPSA) is 119 Å². The Hall–Kier alpha value is -2.49.